The quantitative estimate of drug-likeness (QED) is 0.139. The van der Waals surface area contributed by atoms with Crippen LogP contribution in [0.1, 0.15) is 86.8 Å². The molecule has 0 saturated carbocycles. The number of allylic oxidation sites excluding steroid dienone is 1. The Bertz CT molecular complexity index is 2520. The lowest BCUT2D eigenvalue weighted by Crippen LogP contribution is -2.31. The van der Waals surface area contributed by atoms with E-state index >= 15 is 0 Å². The lowest BCUT2D eigenvalue weighted by atomic mass is 9.85. The Hall–Kier alpha value is -5.54. The first kappa shape index (κ1) is 35.5. The van der Waals surface area contributed by atoms with Crippen molar-refractivity contribution in [2.45, 2.75) is 72.4 Å². The molecule has 0 amide bonds. The minimum atomic E-state index is -0.461. The highest BCUT2D eigenvalue weighted by Crippen LogP contribution is 2.43. The number of imidazole rings is 1. The number of halogens is 1. The molecule has 0 aliphatic heterocycles. The third-order valence-corrected chi connectivity index (χ3v) is 11.5. The lowest BCUT2D eigenvalue weighted by Gasteiger charge is -2.22. The zero-order valence-electron chi connectivity index (χ0n) is 32.8. The predicted octanol–water partition coefficient (Wildman–Crippen LogP) is 13.5. The number of aryl methyl sites for hydroxylation is 2. The molecule has 54 heavy (non-hydrogen) atoms. The van der Waals surface area contributed by atoms with Gasteiger partial charge in [-0.1, -0.05) is 139 Å². The molecular formula is C51H50FN2+. The molecule has 1 aliphatic carbocycles. The van der Waals surface area contributed by atoms with Gasteiger partial charge in [-0.2, -0.15) is 4.57 Å². The molecule has 2 nitrogen and oxygen atoms in total. The van der Waals surface area contributed by atoms with Crippen molar-refractivity contribution in [3.05, 3.63) is 161 Å². The maximum absolute atomic E-state index is 13.5. The van der Waals surface area contributed by atoms with Gasteiger partial charge in [-0.25, -0.2) is 8.96 Å². The van der Waals surface area contributed by atoms with Crippen molar-refractivity contribution in [2.75, 3.05) is 0 Å². The maximum Gasteiger partial charge on any atom is 0.295 e. The van der Waals surface area contributed by atoms with Crippen molar-refractivity contribution >= 4 is 17.1 Å². The van der Waals surface area contributed by atoms with Gasteiger partial charge < -0.3 is 0 Å². The number of fused-ring (bicyclic) bond motifs is 2. The average molecular weight is 710 g/mol. The van der Waals surface area contributed by atoms with Crippen LogP contribution in [0, 0.1) is 6.92 Å². The van der Waals surface area contributed by atoms with E-state index < -0.39 is 6.67 Å². The van der Waals surface area contributed by atoms with E-state index in [9.17, 15) is 4.39 Å². The van der Waals surface area contributed by atoms with Gasteiger partial charge in [0.05, 0.1) is 12.6 Å². The second-order valence-corrected chi connectivity index (χ2v) is 16.3. The highest BCUT2D eigenvalue weighted by atomic mass is 19.1. The SMILES string of the molecule is Cc1cc2c(cc1-c1n(-c3c(C(C)C)cc(-c4ccc(-c5ccccc5)cc4)cc3C(C)C)c3cc(-c4ccc(CF)cc4)ccc3[n+]1C)C(C)(C)C=C2. The fourth-order valence-electron chi connectivity index (χ4n) is 8.38. The number of aromatic nitrogens is 2. The Morgan fingerprint density at radius 2 is 1.20 bits per heavy atom. The van der Waals surface area contributed by atoms with Gasteiger partial charge in [0.15, 0.2) is 11.0 Å². The minimum absolute atomic E-state index is 0.0456. The molecule has 0 N–H and O–H groups in total. The Kier molecular flexibility index (Phi) is 9.01. The molecule has 8 rings (SSSR count). The summed E-state index contributed by atoms with van der Waals surface area (Å²) in [7, 11) is 2.21. The molecule has 0 radical (unpaired) electrons. The fourth-order valence-corrected chi connectivity index (χ4v) is 8.38. The Labute approximate surface area is 320 Å². The van der Waals surface area contributed by atoms with Crippen LogP contribution in [-0.2, 0) is 19.1 Å². The summed E-state index contributed by atoms with van der Waals surface area (Å²) in [6, 6.07) is 44.0. The number of benzene rings is 6. The van der Waals surface area contributed by atoms with Crippen LogP contribution < -0.4 is 4.57 Å². The summed E-state index contributed by atoms with van der Waals surface area (Å²) in [6.45, 7) is 15.7. The normalized spacial score (nSPS) is 13.4. The second kappa shape index (κ2) is 13.7. The second-order valence-electron chi connectivity index (χ2n) is 16.3. The van der Waals surface area contributed by atoms with Crippen LogP contribution in [-0.4, -0.2) is 4.57 Å². The molecule has 270 valence electrons. The van der Waals surface area contributed by atoms with E-state index in [1.54, 1.807) is 0 Å². The molecular weight excluding hydrogens is 660 g/mol. The van der Waals surface area contributed by atoms with E-state index in [0.29, 0.717) is 5.56 Å². The molecule has 1 heterocycles. The summed E-state index contributed by atoms with van der Waals surface area (Å²) in [6.07, 6.45) is 4.61. The van der Waals surface area contributed by atoms with Crippen LogP contribution in [0.2, 0.25) is 0 Å². The summed E-state index contributed by atoms with van der Waals surface area (Å²) in [5.41, 5.74) is 19.1. The Morgan fingerprint density at radius 3 is 1.81 bits per heavy atom. The third kappa shape index (κ3) is 6.10. The van der Waals surface area contributed by atoms with Gasteiger partial charge in [0.2, 0.25) is 0 Å². The smallest absolute Gasteiger partial charge is 0.246 e. The monoisotopic (exact) mass is 709 g/mol. The predicted molar refractivity (Wildman–Crippen MR) is 226 cm³/mol. The molecule has 1 aliphatic rings. The average Bonchev–Trinajstić information content (AvgIpc) is 3.64. The number of alkyl halides is 1. The van der Waals surface area contributed by atoms with Gasteiger partial charge in [-0.3, -0.25) is 0 Å². The molecule has 1 aromatic heterocycles. The van der Waals surface area contributed by atoms with Crippen LogP contribution in [0.4, 0.5) is 4.39 Å². The van der Waals surface area contributed by atoms with Crippen LogP contribution >= 0.6 is 0 Å². The van der Waals surface area contributed by atoms with Crippen molar-refractivity contribution in [3.8, 4) is 50.5 Å². The van der Waals surface area contributed by atoms with Crippen molar-refractivity contribution in [1.29, 1.82) is 0 Å². The molecule has 0 unspecified atom stereocenters. The van der Waals surface area contributed by atoms with Crippen LogP contribution in [0.3, 0.4) is 0 Å². The lowest BCUT2D eigenvalue weighted by molar-refractivity contribution is -0.633. The van der Waals surface area contributed by atoms with Gasteiger partial charge in [-0.15, -0.1) is 0 Å². The first-order valence-corrected chi connectivity index (χ1v) is 19.3. The minimum Gasteiger partial charge on any atom is -0.246 e. The Balaban J connectivity index is 1.41. The third-order valence-electron chi connectivity index (χ3n) is 11.5. The maximum atomic E-state index is 13.5. The van der Waals surface area contributed by atoms with Crippen molar-refractivity contribution in [2.24, 2.45) is 7.05 Å². The first-order chi connectivity index (χ1) is 25.9. The van der Waals surface area contributed by atoms with Crippen molar-refractivity contribution in [3.63, 3.8) is 0 Å². The zero-order valence-corrected chi connectivity index (χ0v) is 32.8. The van der Waals surface area contributed by atoms with Crippen LogP contribution in [0.15, 0.2) is 127 Å². The summed E-state index contributed by atoms with van der Waals surface area (Å²) in [4.78, 5) is 0. The van der Waals surface area contributed by atoms with Gasteiger partial charge in [0.1, 0.15) is 12.4 Å². The van der Waals surface area contributed by atoms with E-state index in [4.69, 9.17) is 0 Å². The number of nitrogens with zero attached hydrogens (tertiary/aromatic N) is 2. The number of rotatable bonds is 8. The zero-order chi connectivity index (χ0) is 37.9. The summed E-state index contributed by atoms with van der Waals surface area (Å²) < 4.78 is 18.5. The molecule has 7 aromatic rings. The number of hydrogen-bond acceptors (Lipinski definition) is 0. The standard InChI is InChI=1S/C51H50FN2/c1-32(2)43-27-42(39-20-18-37(19-21-39)36-12-10-9-11-13-36)28-44(33(3)4)49(43)54-48-29-40(38-16-14-35(31-52)15-17-38)22-23-47(48)53(8)50(54)45-30-46-41(26-34(45)5)24-25-51(46,6)7/h9-30,32-33H,31H2,1-8H3/q+1. The summed E-state index contributed by atoms with van der Waals surface area (Å²) in [5.74, 6) is 1.69. The van der Waals surface area contributed by atoms with E-state index in [1.165, 1.54) is 67.1 Å². The number of hydrogen-bond donors (Lipinski definition) is 0. The topological polar surface area (TPSA) is 8.81 Å². The van der Waals surface area contributed by atoms with E-state index in [2.05, 4.69) is 174 Å². The molecule has 0 bridgehead atoms. The summed E-state index contributed by atoms with van der Waals surface area (Å²) in [5, 5.41) is 0. The van der Waals surface area contributed by atoms with Crippen molar-refractivity contribution < 1.29 is 8.96 Å². The molecule has 0 saturated heterocycles. The van der Waals surface area contributed by atoms with Gasteiger partial charge in [0, 0.05) is 16.5 Å². The molecule has 3 heteroatoms. The summed E-state index contributed by atoms with van der Waals surface area (Å²) >= 11 is 0. The van der Waals surface area contributed by atoms with Crippen LogP contribution in [0.5, 0.6) is 0 Å². The highest BCUT2D eigenvalue weighted by Gasteiger charge is 2.34. The van der Waals surface area contributed by atoms with Gasteiger partial charge >= 0.3 is 0 Å². The fraction of sp³-hybridized carbons (Fsp3) is 0.235. The molecule has 6 aromatic carbocycles. The largest absolute Gasteiger partial charge is 0.295 e. The Morgan fingerprint density at radius 1 is 0.648 bits per heavy atom. The molecule has 0 fully saturated rings. The highest BCUT2D eigenvalue weighted by molar-refractivity contribution is 5.87. The van der Waals surface area contributed by atoms with Crippen LogP contribution in [0.25, 0.3) is 67.6 Å². The van der Waals surface area contributed by atoms with Crippen molar-refractivity contribution in [1.82, 2.24) is 4.57 Å². The van der Waals surface area contributed by atoms with E-state index in [0.717, 1.165) is 22.2 Å². The van der Waals surface area contributed by atoms with Gasteiger partial charge in [0.25, 0.3) is 5.82 Å². The molecule has 0 atom stereocenters. The van der Waals surface area contributed by atoms with Gasteiger partial charge in [-0.05, 0) is 111 Å². The van der Waals surface area contributed by atoms with E-state index in [1.807, 2.05) is 24.3 Å². The first-order valence-electron chi connectivity index (χ1n) is 19.3. The van der Waals surface area contributed by atoms with E-state index in [-0.39, 0.29) is 17.3 Å². The molecule has 0 spiro atoms.